The van der Waals surface area contributed by atoms with Crippen LogP contribution in [-0.4, -0.2) is 28.0 Å². The number of para-hydroxylation sites is 1. The third-order valence-corrected chi connectivity index (χ3v) is 4.63. The first-order chi connectivity index (χ1) is 11.7. The van der Waals surface area contributed by atoms with E-state index in [1.54, 1.807) is 18.2 Å². The highest BCUT2D eigenvalue weighted by atomic mass is 19.1. The largest absolute Gasteiger partial charge is 0.309 e. The fourth-order valence-corrected chi connectivity index (χ4v) is 3.43. The summed E-state index contributed by atoms with van der Waals surface area (Å²) in [5.74, 6) is 0.818. The van der Waals surface area contributed by atoms with E-state index in [9.17, 15) is 9.18 Å². The van der Waals surface area contributed by atoms with Crippen molar-refractivity contribution in [1.82, 2.24) is 14.9 Å². The van der Waals surface area contributed by atoms with Crippen LogP contribution in [0.2, 0.25) is 0 Å². The average Bonchev–Trinajstić information content (AvgIpc) is 3.03. The fraction of sp³-hybridized carbons (Fsp3) is 0.263. The van der Waals surface area contributed by atoms with Crippen molar-refractivity contribution in [2.45, 2.75) is 18.9 Å². The Hall–Kier alpha value is -2.53. The smallest absolute Gasteiger partial charge is 0.258 e. The Morgan fingerprint density at radius 1 is 1.21 bits per heavy atom. The number of nitrogens with zero attached hydrogens (tertiary/aromatic N) is 2. The number of H-pyrrole nitrogens is 1. The summed E-state index contributed by atoms with van der Waals surface area (Å²) >= 11 is 0. The van der Waals surface area contributed by atoms with Crippen LogP contribution < -0.4 is 5.56 Å². The topological polar surface area (TPSA) is 49.0 Å². The molecule has 0 bridgehead atoms. The first kappa shape index (κ1) is 15.0. The van der Waals surface area contributed by atoms with Crippen molar-refractivity contribution in [2.24, 2.45) is 0 Å². The second-order valence-electron chi connectivity index (χ2n) is 6.31. The number of aromatic amines is 1. The lowest BCUT2D eigenvalue weighted by Crippen LogP contribution is -2.23. The van der Waals surface area contributed by atoms with Crippen molar-refractivity contribution in [1.29, 1.82) is 0 Å². The molecule has 2 heterocycles. The number of nitrogens with one attached hydrogen (secondary N) is 1. The molecule has 1 N–H and O–H groups in total. The predicted octanol–water partition coefficient (Wildman–Crippen LogP) is 3.05. The summed E-state index contributed by atoms with van der Waals surface area (Å²) in [4.78, 5) is 21.8. The molecule has 1 aliphatic rings. The third-order valence-electron chi connectivity index (χ3n) is 4.63. The van der Waals surface area contributed by atoms with Gasteiger partial charge in [0.05, 0.1) is 17.4 Å². The van der Waals surface area contributed by atoms with Gasteiger partial charge in [-0.05, 0) is 48.7 Å². The van der Waals surface area contributed by atoms with Gasteiger partial charge < -0.3 is 4.98 Å². The van der Waals surface area contributed by atoms with Crippen LogP contribution in [0.5, 0.6) is 0 Å². The van der Waals surface area contributed by atoms with Gasteiger partial charge in [0.15, 0.2) is 0 Å². The molecule has 0 saturated carbocycles. The Morgan fingerprint density at radius 2 is 2.08 bits per heavy atom. The molecule has 1 saturated heterocycles. The second kappa shape index (κ2) is 6.17. The van der Waals surface area contributed by atoms with Gasteiger partial charge in [0.1, 0.15) is 11.6 Å². The van der Waals surface area contributed by atoms with Crippen LogP contribution in [0.1, 0.15) is 23.7 Å². The Labute approximate surface area is 139 Å². The third kappa shape index (κ3) is 2.95. The van der Waals surface area contributed by atoms with Crippen LogP contribution in [0.3, 0.4) is 0 Å². The van der Waals surface area contributed by atoms with Gasteiger partial charge in [-0.25, -0.2) is 9.37 Å². The van der Waals surface area contributed by atoms with Crippen molar-refractivity contribution < 1.29 is 4.39 Å². The van der Waals surface area contributed by atoms with Crippen LogP contribution in [0.15, 0.2) is 53.3 Å². The summed E-state index contributed by atoms with van der Waals surface area (Å²) < 4.78 is 13.4. The quantitative estimate of drug-likeness (QED) is 0.806. The van der Waals surface area contributed by atoms with E-state index in [4.69, 9.17) is 0 Å². The van der Waals surface area contributed by atoms with E-state index in [0.29, 0.717) is 23.7 Å². The number of halogens is 1. The number of aromatic nitrogens is 2. The monoisotopic (exact) mass is 323 g/mol. The lowest BCUT2D eigenvalue weighted by atomic mass is 9.98. The second-order valence-corrected chi connectivity index (χ2v) is 6.31. The molecule has 0 radical (unpaired) electrons. The van der Waals surface area contributed by atoms with Gasteiger partial charge in [-0.1, -0.05) is 24.3 Å². The zero-order valence-corrected chi connectivity index (χ0v) is 13.2. The van der Waals surface area contributed by atoms with Crippen LogP contribution in [0.25, 0.3) is 10.9 Å². The summed E-state index contributed by atoms with van der Waals surface area (Å²) in [6.45, 7) is 2.36. The Balaban J connectivity index is 1.52. The highest BCUT2D eigenvalue weighted by Gasteiger charge is 2.24. The summed E-state index contributed by atoms with van der Waals surface area (Å²) in [7, 11) is 0. The van der Waals surface area contributed by atoms with Crippen molar-refractivity contribution in [3.63, 3.8) is 0 Å². The molecule has 1 aromatic heterocycles. The molecule has 4 nitrogen and oxygen atoms in total. The van der Waals surface area contributed by atoms with Crippen LogP contribution in [-0.2, 0) is 6.54 Å². The van der Waals surface area contributed by atoms with Crippen LogP contribution in [0.4, 0.5) is 4.39 Å². The van der Waals surface area contributed by atoms with E-state index in [1.807, 2.05) is 24.3 Å². The molecular weight excluding hydrogens is 305 g/mol. The van der Waals surface area contributed by atoms with E-state index in [1.165, 1.54) is 6.07 Å². The maximum atomic E-state index is 13.4. The van der Waals surface area contributed by atoms with Gasteiger partial charge >= 0.3 is 0 Å². The molecular formula is C19H18FN3O. The normalized spacial score (nSPS) is 18.3. The predicted molar refractivity (Wildman–Crippen MR) is 91.4 cm³/mol. The Kier molecular flexibility index (Phi) is 3.86. The summed E-state index contributed by atoms with van der Waals surface area (Å²) in [6.07, 6.45) is 0.987. The fourth-order valence-electron chi connectivity index (χ4n) is 3.43. The lowest BCUT2D eigenvalue weighted by molar-refractivity contribution is 0.318. The molecule has 122 valence electrons. The molecule has 3 aromatic rings. The van der Waals surface area contributed by atoms with Gasteiger partial charge in [-0.2, -0.15) is 0 Å². The first-order valence-corrected chi connectivity index (χ1v) is 8.15. The molecule has 2 aromatic carbocycles. The molecule has 4 rings (SSSR count). The standard InChI is InChI=1S/C19H18FN3O/c20-15-5-3-4-13(10-15)14-8-9-23(11-14)12-18-21-17-7-2-1-6-16(17)19(24)22-18/h1-7,10,14H,8-9,11-12H2,(H,21,22,24)/t14-/m0/s1. The minimum Gasteiger partial charge on any atom is -0.309 e. The van der Waals surface area contributed by atoms with Gasteiger partial charge in [0.2, 0.25) is 0 Å². The maximum absolute atomic E-state index is 13.4. The Bertz CT molecular complexity index is 937. The SMILES string of the molecule is O=c1[nH]c(CN2CC[C@H](c3cccc(F)c3)C2)nc2ccccc12. The molecule has 24 heavy (non-hydrogen) atoms. The molecule has 0 aliphatic carbocycles. The lowest BCUT2D eigenvalue weighted by Gasteiger charge is -2.16. The zero-order valence-electron chi connectivity index (χ0n) is 13.2. The first-order valence-electron chi connectivity index (χ1n) is 8.15. The minimum atomic E-state index is -0.188. The van der Waals surface area contributed by atoms with Gasteiger partial charge in [0.25, 0.3) is 5.56 Å². The highest BCUT2D eigenvalue weighted by Crippen LogP contribution is 2.28. The molecule has 0 spiro atoms. The summed E-state index contributed by atoms with van der Waals surface area (Å²) in [6, 6.07) is 14.2. The summed E-state index contributed by atoms with van der Waals surface area (Å²) in [5, 5.41) is 0.611. The molecule has 1 atom stereocenters. The van der Waals surface area contributed by atoms with Crippen molar-refractivity contribution in [2.75, 3.05) is 13.1 Å². The molecule has 1 fully saturated rings. The van der Waals surface area contributed by atoms with E-state index in [-0.39, 0.29) is 11.4 Å². The number of rotatable bonds is 3. The zero-order chi connectivity index (χ0) is 16.5. The number of likely N-dealkylation sites (tertiary alicyclic amines) is 1. The van der Waals surface area contributed by atoms with E-state index >= 15 is 0 Å². The number of hydrogen-bond acceptors (Lipinski definition) is 3. The minimum absolute atomic E-state index is 0.100. The molecule has 0 unspecified atom stereocenters. The van der Waals surface area contributed by atoms with Crippen LogP contribution in [0, 0.1) is 5.82 Å². The van der Waals surface area contributed by atoms with E-state index in [0.717, 1.165) is 30.6 Å². The number of fused-ring (bicyclic) bond motifs is 1. The van der Waals surface area contributed by atoms with Crippen molar-refractivity contribution in [3.05, 3.63) is 76.1 Å². The van der Waals surface area contributed by atoms with Crippen molar-refractivity contribution in [3.8, 4) is 0 Å². The Morgan fingerprint density at radius 3 is 2.96 bits per heavy atom. The van der Waals surface area contributed by atoms with Crippen molar-refractivity contribution >= 4 is 10.9 Å². The van der Waals surface area contributed by atoms with Gasteiger partial charge in [-0.3, -0.25) is 9.69 Å². The average molecular weight is 323 g/mol. The van der Waals surface area contributed by atoms with Gasteiger partial charge in [0, 0.05) is 6.54 Å². The van der Waals surface area contributed by atoms with Crippen LogP contribution >= 0.6 is 0 Å². The molecule has 5 heteroatoms. The molecule has 0 amide bonds. The summed E-state index contributed by atoms with van der Waals surface area (Å²) in [5.41, 5.74) is 1.66. The number of hydrogen-bond donors (Lipinski definition) is 1. The van der Waals surface area contributed by atoms with E-state index in [2.05, 4.69) is 14.9 Å². The maximum Gasteiger partial charge on any atom is 0.258 e. The highest BCUT2D eigenvalue weighted by molar-refractivity contribution is 5.77. The number of benzene rings is 2. The van der Waals surface area contributed by atoms with E-state index < -0.39 is 0 Å². The molecule has 1 aliphatic heterocycles. The van der Waals surface area contributed by atoms with Gasteiger partial charge in [-0.15, -0.1) is 0 Å².